The van der Waals surface area contributed by atoms with E-state index >= 15 is 0 Å². The number of allylic oxidation sites excluding steroid dienone is 2. The maximum absolute atomic E-state index is 12.5. The highest BCUT2D eigenvalue weighted by Gasteiger charge is 2.45. The van der Waals surface area contributed by atoms with Crippen LogP contribution in [0.1, 0.15) is 26.7 Å². The minimum Gasteiger partial charge on any atom is -0.494 e. The summed E-state index contributed by atoms with van der Waals surface area (Å²) in [4.78, 5) is 23.3. The Morgan fingerprint density at radius 3 is 2.34 bits per heavy atom. The van der Waals surface area contributed by atoms with Crippen LogP contribution < -0.4 is 0 Å². The van der Waals surface area contributed by atoms with Crippen molar-refractivity contribution in [2.24, 2.45) is 17.8 Å². The first kappa shape index (κ1) is 26.4. The highest BCUT2D eigenvalue weighted by atomic mass is 16.7. The van der Waals surface area contributed by atoms with Gasteiger partial charge in [0.05, 0.1) is 45.6 Å². The molecule has 1 aliphatic heterocycles. The fourth-order valence-electron chi connectivity index (χ4n) is 4.12. The molecular weight excluding hydrogens is 424 g/mol. The number of methoxy groups -OCH3 is 2. The van der Waals surface area contributed by atoms with E-state index in [2.05, 4.69) is 0 Å². The first-order valence-corrected chi connectivity index (χ1v) is 10.6. The minimum atomic E-state index is -1.30. The van der Waals surface area contributed by atoms with E-state index in [1.807, 2.05) is 6.08 Å². The summed E-state index contributed by atoms with van der Waals surface area (Å²) in [5.41, 5.74) is 0.769. The zero-order valence-corrected chi connectivity index (χ0v) is 18.8. The third kappa shape index (κ3) is 5.56. The summed E-state index contributed by atoms with van der Waals surface area (Å²) in [5, 5.41) is 40.5. The lowest BCUT2D eigenvalue weighted by atomic mass is 9.77. The van der Waals surface area contributed by atoms with Crippen molar-refractivity contribution in [2.45, 2.75) is 57.4 Å². The van der Waals surface area contributed by atoms with Crippen LogP contribution in [-0.4, -0.2) is 90.6 Å². The van der Waals surface area contributed by atoms with Gasteiger partial charge >= 0.3 is 0 Å². The van der Waals surface area contributed by atoms with E-state index < -0.39 is 55.1 Å². The minimum absolute atomic E-state index is 0.0305. The molecule has 2 aliphatic rings. The number of carbonyl (C=O) groups excluding carboxylic acids is 2. The molecule has 1 fully saturated rings. The highest BCUT2D eigenvalue weighted by molar-refractivity contribution is 5.97. The van der Waals surface area contributed by atoms with Crippen LogP contribution in [0.2, 0.25) is 0 Å². The molecule has 1 aliphatic carbocycles. The molecule has 0 bridgehead atoms. The number of rotatable bonds is 10. The number of aldehydes is 1. The van der Waals surface area contributed by atoms with Crippen molar-refractivity contribution in [1.82, 2.24) is 0 Å². The van der Waals surface area contributed by atoms with Crippen molar-refractivity contribution >= 4 is 12.1 Å². The van der Waals surface area contributed by atoms with Crippen LogP contribution in [0.3, 0.4) is 0 Å². The smallest absolute Gasteiger partial charge is 0.204 e. The van der Waals surface area contributed by atoms with Gasteiger partial charge in [-0.05, 0) is 13.3 Å². The molecule has 10 heteroatoms. The van der Waals surface area contributed by atoms with Gasteiger partial charge in [0, 0.05) is 18.3 Å². The second-order valence-electron chi connectivity index (χ2n) is 8.23. The summed E-state index contributed by atoms with van der Waals surface area (Å²) in [6, 6.07) is 0. The van der Waals surface area contributed by atoms with Crippen molar-refractivity contribution in [3.05, 3.63) is 23.2 Å². The molecule has 0 aromatic carbocycles. The normalized spacial score (nSPS) is 36.2. The second-order valence-corrected chi connectivity index (χ2v) is 8.23. The average molecular weight is 459 g/mol. The van der Waals surface area contributed by atoms with Crippen LogP contribution in [0.5, 0.6) is 0 Å². The zero-order chi connectivity index (χ0) is 24.0. The first-order chi connectivity index (χ1) is 15.2. The van der Waals surface area contributed by atoms with Crippen LogP contribution >= 0.6 is 0 Å². The van der Waals surface area contributed by atoms with E-state index in [4.69, 9.17) is 18.9 Å². The predicted molar refractivity (Wildman–Crippen MR) is 111 cm³/mol. The van der Waals surface area contributed by atoms with Gasteiger partial charge in [0.15, 0.2) is 12.0 Å². The fraction of sp³-hybridized carbons (Fsp3) is 0.727. The molecule has 2 rings (SSSR count). The molecule has 0 radical (unpaired) electrons. The Bertz CT molecular complexity index is 718. The summed E-state index contributed by atoms with van der Waals surface area (Å²) >= 11 is 0. The average Bonchev–Trinajstić information content (AvgIpc) is 2.77. The molecule has 32 heavy (non-hydrogen) atoms. The van der Waals surface area contributed by atoms with Gasteiger partial charge in [-0.15, -0.1) is 0 Å². The summed E-state index contributed by atoms with van der Waals surface area (Å²) in [6.45, 7) is 3.13. The van der Waals surface area contributed by atoms with E-state index in [1.54, 1.807) is 13.8 Å². The maximum Gasteiger partial charge on any atom is 0.204 e. The predicted octanol–water partition coefficient (Wildman–Crippen LogP) is -0.316. The molecule has 4 N–H and O–H groups in total. The lowest BCUT2D eigenvalue weighted by Gasteiger charge is -2.41. The van der Waals surface area contributed by atoms with Crippen molar-refractivity contribution in [2.75, 3.05) is 27.4 Å². The van der Waals surface area contributed by atoms with Crippen LogP contribution in [-0.2, 0) is 28.5 Å². The molecule has 0 aromatic heterocycles. The molecule has 0 amide bonds. The number of ether oxygens (including phenoxy) is 4. The Morgan fingerprint density at radius 2 is 1.78 bits per heavy atom. The monoisotopic (exact) mass is 458 g/mol. The molecule has 0 aromatic rings. The third-order valence-corrected chi connectivity index (χ3v) is 6.18. The van der Waals surface area contributed by atoms with E-state index in [1.165, 1.54) is 14.2 Å². The van der Waals surface area contributed by atoms with Crippen LogP contribution in [0, 0.1) is 17.8 Å². The molecule has 1 heterocycles. The van der Waals surface area contributed by atoms with Crippen molar-refractivity contribution in [1.29, 1.82) is 0 Å². The van der Waals surface area contributed by atoms with Gasteiger partial charge in [-0.3, -0.25) is 4.79 Å². The number of hydrogen-bond acceptors (Lipinski definition) is 10. The number of aliphatic hydroxyl groups is 4. The Labute approximate surface area is 187 Å². The zero-order valence-electron chi connectivity index (χ0n) is 18.8. The topological polar surface area (TPSA) is 152 Å². The molecule has 10 nitrogen and oxygen atoms in total. The van der Waals surface area contributed by atoms with Gasteiger partial charge in [0.2, 0.25) is 11.5 Å². The van der Waals surface area contributed by atoms with E-state index in [0.717, 1.165) is 5.57 Å². The lowest BCUT2D eigenvalue weighted by molar-refractivity contribution is -0.282. The third-order valence-electron chi connectivity index (χ3n) is 6.18. The number of carbonyl (C=O) groups is 2. The number of hydrogen-bond donors (Lipinski definition) is 4. The van der Waals surface area contributed by atoms with Crippen LogP contribution in [0.4, 0.5) is 0 Å². The van der Waals surface area contributed by atoms with Gasteiger partial charge in [-0.1, -0.05) is 18.6 Å². The highest BCUT2D eigenvalue weighted by Crippen LogP contribution is 2.35. The fourth-order valence-corrected chi connectivity index (χ4v) is 4.12. The molecular formula is C22H34O10. The first-order valence-electron chi connectivity index (χ1n) is 10.6. The number of Topliss-reactive ketones (excluding diaryl/α,β-unsaturated/α-hetero) is 1. The quantitative estimate of drug-likeness (QED) is 0.253. The molecule has 8 atom stereocenters. The van der Waals surface area contributed by atoms with Gasteiger partial charge in [-0.25, -0.2) is 0 Å². The SMILES string of the molecule is COC1=C(OC)C(O)C(CC=C(C)COC2OC(CC=O)C(O)C(O)C2CO)C(C)C1=O. The number of aliphatic hydroxyl groups excluding tert-OH is 4. The Kier molecular flexibility index (Phi) is 9.81. The van der Waals surface area contributed by atoms with E-state index in [9.17, 15) is 30.0 Å². The van der Waals surface area contributed by atoms with Crippen LogP contribution in [0.15, 0.2) is 23.2 Å². The summed E-state index contributed by atoms with van der Waals surface area (Å²) in [6.07, 6.45) is -2.89. The summed E-state index contributed by atoms with van der Waals surface area (Å²) in [7, 11) is 2.73. The molecule has 182 valence electrons. The van der Waals surface area contributed by atoms with Gasteiger partial charge < -0.3 is 44.2 Å². The maximum atomic E-state index is 12.5. The summed E-state index contributed by atoms with van der Waals surface area (Å²) in [5.74, 6) is -1.88. The number of ketones is 1. The van der Waals surface area contributed by atoms with Crippen LogP contribution in [0.25, 0.3) is 0 Å². The van der Waals surface area contributed by atoms with Gasteiger partial charge in [0.25, 0.3) is 0 Å². The van der Waals surface area contributed by atoms with Gasteiger partial charge in [0.1, 0.15) is 18.5 Å². The molecule has 0 saturated carbocycles. The Hall–Kier alpha value is -1.82. The van der Waals surface area contributed by atoms with Crippen molar-refractivity contribution in [3.63, 3.8) is 0 Å². The Balaban J connectivity index is 2.04. The molecule has 8 unspecified atom stereocenters. The Morgan fingerprint density at radius 1 is 1.09 bits per heavy atom. The molecule has 0 spiro atoms. The van der Waals surface area contributed by atoms with E-state index in [0.29, 0.717) is 12.7 Å². The van der Waals surface area contributed by atoms with E-state index in [-0.39, 0.29) is 30.3 Å². The molecule has 1 saturated heterocycles. The van der Waals surface area contributed by atoms with Gasteiger partial charge in [-0.2, -0.15) is 0 Å². The summed E-state index contributed by atoms with van der Waals surface area (Å²) < 4.78 is 21.6. The largest absolute Gasteiger partial charge is 0.494 e. The second kappa shape index (κ2) is 11.9. The van der Waals surface area contributed by atoms with Crippen molar-refractivity contribution < 1.29 is 49.0 Å². The van der Waals surface area contributed by atoms with Crippen molar-refractivity contribution in [3.8, 4) is 0 Å². The lowest BCUT2D eigenvalue weighted by Crippen LogP contribution is -2.56. The standard InChI is InChI=1S/C22H34O10/c1-11(5-6-13-12(2)16(25)20(29-3)21(30-4)18(13)27)10-31-22-14(9-24)17(26)19(28)15(32-22)7-8-23/h5,8,12-15,17-19,22,24,26-28H,6-7,9-10H2,1-4H3.